The molecule has 1 fully saturated rings. The molecule has 0 saturated carbocycles. The topological polar surface area (TPSA) is 41.5 Å². The molecule has 0 aliphatic carbocycles. The highest BCUT2D eigenvalue weighted by molar-refractivity contribution is 4.73. The summed E-state index contributed by atoms with van der Waals surface area (Å²) in [5, 5.41) is 12.8. The van der Waals surface area contributed by atoms with Crippen LogP contribution in [0.1, 0.15) is 19.8 Å². The van der Waals surface area contributed by atoms with Gasteiger partial charge in [-0.25, -0.2) is 0 Å². The van der Waals surface area contributed by atoms with Gasteiger partial charge in [-0.3, -0.25) is 0 Å². The molecule has 1 saturated heterocycles. The first-order valence-electron chi connectivity index (χ1n) is 4.79. The third kappa shape index (κ3) is 3.52. The van der Waals surface area contributed by atoms with Crippen molar-refractivity contribution in [1.29, 1.82) is 0 Å². The van der Waals surface area contributed by atoms with Crippen LogP contribution in [-0.4, -0.2) is 37.5 Å². The molecule has 0 aromatic carbocycles. The van der Waals surface area contributed by atoms with E-state index in [1.807, 2.05) is 6.92 Å². The van der Waals surface area contributed by atoms with Crippen LogP contribution in [0.15, 0.2) is 0 Å². The van der Waals surface area contributed by atoms with Crippen molar-refractivity contribution in [2.75, 3.05) is 26.3 Å². The molecule has 1 aliphatic heterocycles. The highest BCUT2D eigenvalue weighted by Gasteiger charge is 2.18. The molecule has 0 aromatic heterocycles. The maximum absolute atomic E-state index is 9.49. The molecule has 1 unspecified atom stereocenters. The van der Waals surface area contributed by atoms with Crippen LogP contribution < -0.4 is 5.32 Å². The van der Waals surface area contributed by atoms with Gasteiger partial charge >= 0.3 is 0 Å². The smallest absolute Gasteiger partial charge is 0.0776 e. The fourth-order valence-electron chi connectivity index (χ4n) is 1.62. The molecule has 1 rings (SSSR count). The molecule has 0 spiro atoms. The standard InChI is InChI=1S/C9H19NO2/c1-2-12-7-9(11)5-8-3-4-10-6-8/h8-11H,2-7H2,1H3/t8?,9-/m0/s1. The Morgan fingerprint density at radius 1 is 1.67 bits per heavy atom. The Balaban J connectivity index is 2.03. The Bertz CT molecular complexity index is 113. The lowest BCUT2D eigenvalue weighted by molar-refractivity contribution is 0.0305. The first-order chi connectivity index (χ1) is 5.83. The second kappa shape index (κ2) is 5.51. The lowest BCUT2D eigenvalue weighted by atomic mass is 10.0. The fraction of sp³-hybridized carbons (Fsp3) is 1.00. The van der Waals surface area contributed by atoms with Crippen molar-refractivity contribution in [2.45, 2.75) is 25.9 Å². The van der Waals surface area contributed by atoms with Crippen molar-refractivity contribution >= 4 is 0 Å². The van der Waals surface area contributed by atoms with E-state index in [0.29, 0.717) is 19.1 Å². The molecule has 1 aliphatic rings. The number of ether oxygens (including phenoxy) is 1. The molecule has 2 atom stereocenters. The van der Waals surface area contributed by atoms with E-state index in [2.05, 4.69) is 5.32 Å². The normalized spacial score (nSPS) is 26.0. The van der Waals surface area contributed by atoms with Crippen molar-refractivity contribution in [3.05, 3.63) is 0 Å². The van der Waals surface area contributed by atoms with E-state index < -0.39 is 0 Å². The molecule has 12 heavy (non-hydrogen) atoms. The number of hydrogen-bond acceptors (Lipinski definition) is 3. The van der Waals surface area contributed by atoms with Crippen molar-refractivity contribution in [3.8, 4) is 0 Å². The molecular weight excluding hydrogens is 154 g/mol. The summed E-state index contributed by atoms with van der Waals surface area (Å²) in [7, 11) is 0. The van der Waals surface area contributed by atoms with Crippen molar-refractivity contribution in [1.82, 2.24) is 5.32 Å². The molecule has 72 valence electrons. The second-order valence-corrected chi connectivity index (χ2v) is 3.41. The zero-order valence-corrected chi connectivity index (χ0v) is 7.75. The van der Waals surface area contributed by atoms with Gasteiger partial charge < -0.3 is 15.2 Å². The van der Waals surface area contributed by atoms with Gasteiger partial charge in [-0.1, -0.05) is 0 Å². The van der Waals surface area contributed by atoms with E-state index in [9.17, 15) is 5.11 Å². The second-order valence-electron chi connectivity index (χ2n) is 3.41. The number of rotatable bonds is 5. The van der Waals surface area contributed by atoms with E-state index in [4.69, 9.17) is 4.74 Å². The number of nitrogens with one attached hydrogen (secondary N) is 1. The van der Waals surface area contributed by atoms with E-state index in [0.717, 1.165) is 19.5 Å². The molecule has 2 N–H and O–H groups in total. The zero-order chi connectivity index (χ0) is 8.81. The fourth-order valence-corrected chi connectivity index (χ4v) is 1.62. The summed E-state index contributed by atoms with van der Waals surface area (Å²) >= 11 is 0. The molecule has 3 heteroatoms. The van der Waals surface area contributed by atoms with Gasteiger partial charge in [-0.15, -0.1) is 0 Å². The summed E-state index contributed by atoms with van der Waals surface area (Å²) in [6, 6.07) is 0. The molecule has 3 nitrogen and oxygen atoms in total. The first kappa shape index (κ1) is 9.96. The van der Waals surface area contributed by atoms with E-state index in [1.54, 1.807) is 0 Å². The summed E-state index contributed by atoms with van der Waals surface area (Å²) in [6.07, 6.45) is 1.81. The minimum Gasteiger partial charge on any atom is -0.391 e. The maximum Gasteiger partial charge on any atom is 0.0776 e. The SMILES string of the molecule is CCOC[C@@H](O)CC1CCNC1. The lowest BCUT2D eigenvalue weighted by Crippen LogP contribution is -2.20. The van der Waals surface area contributed by atoms with Gasteiger partial charge in [-0.2, -0.15) is 0 Å². The van der Waals surface area contributed by atoms with Gasteiger partial charge in [0.15, 0.2) is 0 Å². The summed E-state index contributed by atoms with van der Waals surface area (Å²) in [6.45, 7) is 5.30. The lowest BCUT2D eigenvalue weighted by Gasteiger charge is -2.14. The van der Waals surface area contributed by atoms with E-state index >= 15 is 0 Å². The molecule has 1 heterocycles. The first-order valence-corrected chi connectivity index (χ1v) is 4.79. The predicted molar refractivity (Wildman–Crippen MR) is 48.1 cm³/mol. The van der Waals surface area contributed by atoms with Crippen molar-refractivity contribution in [2.24, 2.45) is 5.92 Å². The van der Waals surface area contributed by atoms with Crippen LogP contribution in [0.25, 0.3) is 0 Å². The Kier molecular flexibility index (Phi) is 4.58. The monoisotopic (exact) mass is 173 g/mol. The highest BCUT2D eigenvalue weighted by atomic mass is 16.5. The Hall–Kier alpha value is -0.120. The number of aliphatic hydroxyl groups is 1. The Morgan fingerprint density at radius 3 is 3.08 bits per heavy atom. The summed E-state index contributed by atoms with van der Waals surface area (Å²) in [5.41, 5.74) is 0. The number of aliphatic hydroxyl groups excluding tert-OH is 1. The van der Waals surface area contributed by atoms with Crippen molar-refractivity contribution in [3.63, 3.8) is 0 Å². The molecular formula is C9H19NO2. The van der Waals surface area contributed by atoms with Gasteiger partial charge in [0.25, 0.3) is 0 Å². The minimum absolute atomic E-state index is 0.269. The highest BCUT2D eigenvalue weighted by Crippen LogP contribution is 2.14. The third-order valence-corrected chi connectivity index (χ3v) is 2.28. The molecule has 0 amide bonds. The van der Waals surface area contributed by atoms with Gasteiger partial charge in [0, 0.05) is 6.61 Å². The average Bonchev–Trinajstić information content (AvgIpc) is 2.53. The predicted octanol–water partition coefficient (Wildman–Crippen LogP) is 0.383. The van der Waals surface area contributed by atoms with Crippen LogP contribution >= 0.6 is 0 Å². The maximum atomic E-state index is 9.49. The molecule has 0 bridgehead atoms. The average molecular weight is 173 g/mol. The summed E-state index contributed by atoms with van der Waals surface area (Å²) in [5.74, 6) is 0.653. The van der Waals surface area contributed by atoms with E-state index in [1.165, 1.54) is 6.42 Å². The Labute approximate surface area is 74.1 Å². The minimum atomic E-state index is -0.269. The van der Waals surface area contributed by atoms with Crippen LogP contribution in [0, 0.1) is 5.92 Å². The van der Waals surface area contributed by atoms with Crippen LogP contribution in [0.3, 0.4) is 0 Å². The van der Waals surface area contributed by atoms with Crippen LogP contribution in [0.5, 0.6) is 0 Å². The van der Waals surface area contributed by atoms with Crippen LogP contribution in [0.2, 0.25) is 0 Å². The number of hydrogen-bond donors (Lipinski definition) is 2. The molecule has 0 aromatic rings. The third-order valence-electron chi connectivity index (χ3n) is 2.28. The van der Waals surface area contributed by atoms with Crippen LogP contribution in [0.4, 0.5) is 0 Å². The van der Waals surface area contributed by atoms with Crippen molar-refractivity contribution < 1.29 is 9.84 Å². The van der Waals surface area contributed by atoms with E-state index in [-0.39, 0.29) is 6.10 Å². The van der Waals surface area contributed by atoms with Gasteiger partial charge in [-0.05, 0) is 38.8 Å². The largest absolute Gasteiger partial charge is 0.391 e. The quantitative estimate of drug-likeness (QED) is 0.631. The molecule has 0 radical (unpaired) electrons. The van der Waals surface area contributed by atoms with Gasteiger partial charge in [0.2, 0.25) is 0 Å². The van der Waals surface area contributed by atoms with Gasteiger partial charge in [0.05, 0.1) is 12.7 Å². The Morgan fingerprint density at radius 2 is 2.50 bits per heavy atom. The summed E-state index contributed by atoms with van der Waals surface area (Å²) < 4.78 is 5.14. The van der Waals surface area contributed by atoms with Gasteiger partial charge in [0.1, 0.15) is 0 Å². The van der Waals surface area contributed by atoms with Crippen LogP contribution in [-0.2, 0) is 4.74 Å². The zero-order valence-electron chi connectivity index (χ0n) is 7.75. The summed E-state index contributed by atoms with van der Waals surface area (Å²) in [4.78, 5) is 0.